The molecule has 4 aromatic rings. The second-order valence-electron chi connectivity index (χ2n) is 6.32. The molecule has 0 aliphatic heterocycles. The summed E-state index contributed by atoms with van der Waals surface area (Å²) in [4.78, 5) is 19.4. The van der Waals surface area contributed by atoms with Crippen molar-refractivity contribution < 1.29 is 9.45 Å². The molecule has 8 heteroatoms. The fourth-order valence-electron chi connectivity index (χ4n) is 3.07. The van der Waals surface area contributed by atoms with E-state index < -0.39 is 4.92 Å². The van der Waals surface area contributed by atoms with Crippen LogP contribution in [0.25, 0.3) is 33.9 Å². The van der Waals surface area contributed by atoms with Crippen LogP contribution in [0.5, 0.6) is 0 Å². The molecule has 0 radical (unpaired) electrons. The highest BCUT2D eigenvalue weighted by molar-refractivity contribution is 5.80. The maximum absolute atomic E-state index is 11.0. The van der Waals surface area contributed by atoms with E-state index in [0.717, 1.165) is 29.6 Å². The van der Waals surface area contributed by atoms with Gasteiger partial charge in [0.1, 0.15) is 0 Å². The number of nitrogens with zero attached hydrogens (tertiary/aromatic N) is 5. The summed E-state index contributed by atoms with van der Waals surface area (Å²) in [5.74, 6) is 0.771. The standard InChI is InChI=1S/C19H17N5O3/c1-3-8-23-11-20-15-10-13(4-7-17(15)23)18-21-19(27-22-18)14-5-6-16(24(25)26)12(2)9-14/h4-7,9-11H,3,8H2,1-2H3. The van der Waals surface area contributed by atoms with Crippen molar-refractivity contribution in [1.82, 2.24) is 19.7 Å². The highest BCUT2D eigenvalue weighted by Crippen LogP contribution is 2.28. The van der Waals surface area contributed by atoms with Gasteiger partial charge in [-0.15, -0.1) is 0 Å². The number of fused-ring (bicyclic) bond motifs is 1. The van der Waals surface area contributed by atoms with E-state index in [4.69, 9.17) is 4.52 Å². The molecule has 0 fully saturated rings. The number of benzene rings is 2. The first-order valence-corrected chi connectivity index (χ1v) is 8.61. The van der Waals surface area contributed by atoms with Gasteiger partial charge in [-0.1, -0.05) is 12.1 Å². The first-order valence-electron chi connectivity index (χ1n) is 8.61. The lowest BCUT2D eigenvalue weighted by Gasteiger charge is -2.01. The normalized spacial score (nSPS) is 11.2. The van der Waals surface area contributed by atoms with Crippen molar-refractivity contribution >= 4 is 16.7 Å². The summed E-state index contributed by atoms with van der Waals surface area (Å²) in [6, 6.07) is 10.6. The van der Waals surface area contributed by atoms with E-state index in [1.165, 1.54) is 6.07 Å². The van der Waals surface area contributed by atoms with Crippen molar-refractivity contribution in [2.45, 2.75) is 26.8 Å². The van der Waals surface area contributed by atoms with Gasteiger partial charge in [0.2, 0.25) is 5.82 Å². The second-order valence-corrected chi connectivity index (χ2v) is 6.32. The Labute approximate surface area is 154 Å². The molecule has 2 aromatic heterocycles. The molecule has 2 aromatic carbocycles. The van der Waals surface area contributed by atoms with Crippen molar-refractivity contribution in [2.24, 2.45) is 0 Å². The molecule has 0 unspecified atom stereocenters. The van der Waals surface area contributed by atoms with E-state index in [1.54, 1.807) is 19.1 Å². The predicted octanol–water partition coefficient (Wildman–Crippen LogP) is 4.38. The van der Waals surface area contributed by atoms with Crippen molar-refractivity contribution in [3.05, 3.63) is 58.4 Å². The Morgan fingerprint density at radius 2 is 2.00 bits per heavy atom. The van der Waals surface area contributed by atoms with Gasteiger partial charge in [-0.3, -0.25) is 10.1 Å². The molecule has 0 amide bonds. The molecule has 0 N–H and O–H groups in total. The predicted molar refractivity (Wildman–Crippen MR) is 100 cm³/mol. The number of aromatic nitrogens is 4. The van der Waals surface area contributed by atoms with Crippen LogP contribution in [-0.4, -0.2) is 24.6 Å². The Morgan fingerprint density at radius 3 is 2.74 bits per heavy atom. The van der Waals surface area contributed by atoms with Gasteiger partial charge in [0, 0.05) is 29.3 Å². The first-order chi connectivity index (χ1) is 13.1. The Kier molecular flexibility index (Phi) is 4.15. The van der Waals surface area contributed by atoms with E-state index in [-0.39, 0.29) is 5.69 Å². The van der Waals surface area contributed by atoms with Gasteiger partial charge in [0.25, 0.3) is 11.6 Å². The van der Waals surface area contributed by atoms with Gasteiger partial charge in [0.05, 0.1) is 22.3 Å². The van der Waals surface area contributed by atoms with Crippen molar-refractivity contribution in [3.63, 3.8) is 0 Å². The molecule has 0 bridgehead atoms. The van der Waals surface area contributed by atoms with Crippen LogP contribution < -0.4 is 0 Å². The van der Waals surface area contributed by atoms with Crippen LogP contribution in [0.3, 0.4) is 0 Å². The summed E-state index contributed by atoms with van der Waals surface area (Å²) in [5, 5.41) is 15.0. The lowest BCUT2D eigenvalue weighted by atomic mass is 10.1. The lowest BCUT2D eigenvalue weighted by Crippen LogP contribution is -1.93. The summed E-state index contributed by atoms with van der Waals surface area (Å²) in [6.45, 7) is 4.72. The van der Waals surface area contributed by atoms with Gasteiger partial charge in [-0.2, -0.15) is 4.98 Å². The van der Waals surface area contributed by atoms with Crippen LogP contribution in [0.2, 0.25) is 0 Å². The molecule has 0 aliphatic rings. The van der Waals surface area contributed by atoms with E-state index in [9.17, 15) is 10.1 Å². The lowest BCUT2D eigenvalue weighted by molar-refractivity contribution is -0.385. The average molecular weight is 363 g/mol. The molecule has 8 nitrogen and oxygen atoms in total. The molecule has 0 saturated heterocycles. The number of hydrogen-bond donors (Lipinski definition) is 0. The van der Waals surface area contributed by atoms with Gasteiger partial charge < -0.3 is 9.09 Å². The largest absolute Gasteiger partial charge is 0.334 e. The Hall–Kier alpha value is -3.55. The number of rotatable bonds is 5. The third-order valence-electron chi connectivity index (χ3n) is 4.41. The molecule has 4 rings (SSSR count). The summed E-state index contributed by atoms with van der Waals surface area (Å²) >= 11 is 0. The Balaban J connectivity index is 1.67. The number of aryl methyl sites for hydroxylation is 2. The van der Waals surface area contributed by atoms with Crippen LogP contribution in [0.15, 0.2) is 47.2 Å². The number of imidazole rings is 1. The van der Waals surface area contributed by atoms with Gasteiger partial charge in [-0.25, -0.2) is 4.98 Å². The average Bonchev–Trinajstić information content (AvgIpc) is 3.29. The molecular weight excluding hydrogens is 346 g/mol. The number of nitro benzene ring substituents is 1. The van der Waals surface area contributed by atoms with Crippen molar-refractivity contribution in [3.8, 4) is 22.8 Å². The van der Waals surface area contributed by atoms with Gasteiger partial charge in [-0.05, 0) is 43.7 Å². The molecular formula is C19H17N5O3. The molecule has 0 spiro atoms. The van der Waals surface area contributed by atoms with Crippen LogP contribution >= 0.6 is 0 Å². The van der Waals surface area contributed by atoms with Gasteiger partial charge in [0.15, 0.2) is 0 Å². The second kappa shape index (κ2) is 6.64. The van der Waals surface area contributed by atoms with Gasteiger partial charge >= 0.3 is 0 Å². The molecule has 0 aliphatic carbocycles. The first kappa shape index (κ1) is 16.9. The van der Waals surface area contributed by atoms with Crippen LogP contribution in [0, 0.1) is 17.0 Å². The quantitative estimate of drug-likeness (QED) is 0.385. The van der Waals surface area contributed by atoms with E-state index in [0.29, 0.717) is 22.8 Å². The Morgan fingerprint density at radius 1 is 1.19 bits per heavy atom. The Bertz CT molecular complexity index is 1150. The molecule has 27 heavy (non-hydrogen) atoms. The molecule has 0 atom stereocenters. The highest BCUT2D eigenvalue weighted by atomic mass is 16.6. The monoisotopic (exact) mass is 363 g/mol. The van der Waals surface area contributed by atoms with Crippen LogP contribution in [0.1, 0.15) is 18.9 Å². The fraction of sp³-hybridized carbons (Fsp3) is 0.211. The topological polar surface area (TPSA) is 99.9 Å². The summed E-state index contributed by atoms with van der Waals surface area (Å²) < 4.78 is 7.47. The maximum atomic E-state index is 11.0. The minimum absolute atomic E-state index is 0.0617. The number of nitro groups is 1. The summed E-state index contributed by atoms with van der Waals surface area (Å²) in [6.07, 6.45) is 2.87. The van der Waals surface area contributed by atoms with Crippen LogP contribution in [-0.2, 0) is 6.54 Å². The number of hydrogen-bond acceptors (Lipinski definition) is 6. The summed E-state index contributed by atoms with van der Waals surface area (Å²) in [5.41, 5.74) is 3.99. The zero-order valence-electron chi connectivity index (χ0n) is 14.9. The third kappa shape index (κ3) is 3.05. The highest BCUT2D eigenvalue weighted by Gasteiger charge is 2.16. The third-order valence-corrected chi connectivity index (χ3v) is 4.41. The SMILES string of the molecule is CCCn1cnc2cc(-c3noc(-c4ccc([N+](=O)[O-])c(C)c4)n3)ccc21. The zero-order chi connectivity index (χ0) is 19.0. The van der Waals surface area contributed by atoms with E-state index in [2.05, 4.69) is 26.6 Å². The summed E-state index contributed by atoms with van der Waals surface area (Å²) in [7, 11) is 0. The molecule has 136 valence electrons. The minimum Gasteiger partial charge on any atom is -0.334 e. The molecule has 0 saturated carbocycles. The fourth-order valence-corrected chi connectivity index (χ4v) is 3.07. The van der Waals surface area contributed by atoms with Crippen molar-refractivity contribution in [2.75, 3.05) is 0 Å². The molecule has 2 heterocycles. The van der Waals surface area contributed by atoms with Crippen LogP contribution in [0.4, 0.5) is 5.69 Å². The van der Waals surface area contributed by atoms with Crippen molar-refractivity contribution in [1.29, 1.82) is 0 Å². The van der Waals surface area contributed by atoms with E-state index >= 15 is 0 Å². The maximum Gasteiger partial charge on any atom is 0.272 e. The zero-order valence-corrected chi connectivity index (χ0v) is 14.9. The minimum atomic E-state index is -0.411. The van der Waals surface area contributed by atoms with E-state index in [1.807, 2.05) is 24.5 Å². The smallest absolute Gasteiger partial charge is 0.272 e.